The molecule has 1 saturated carbocycles. The zero-order valence-corrected chi connectivity index (χ0v) is 16.1. The van der Waals surface area contributed by atoms with Crippen molar-refractivity contribution in [3.8, 4) is 0 Å². The van der Waals surface area contributed by atoms with Gasteiger partial charge in [0.15, 0.2) is 0 Å². The highest BCUT2D eigenvalue weighted by molar-refractivity contribution is 7.89. The number of sulfonamides is 1. The number of nitrogens with one attached hydrogen (secondary N) is 1. The number of hydrogen-bond acceptors (Lipinski definition) is 3. The van der Waals surface area contributed by atoms with Crippen molar-refractivity contribution < 1.29 is 13.2 Å². The van der Waals surface area contributed by atoms with Gasteiger partial charge in [0, 0.05) is 31.9 Å². The van der Waals surface area contributed by atoms with E-state index in [9.17, 15) is 13.2 Å². The van der Waals surface area contributed by atoms with Crippen molar-refractivity contribution in [3.05, 3.63) is 17.5 Å². The lowest BCUT2D eigenvalue weighted by atomic mass is 10.1. The molecule has 3 rings (SSSR count). The zero-order valence-electron chi connectivity index (χ0n) is 15.3. The summed E-state index contributed by atoms with van der Waals surface area (Å²) in [6, 6.07) is 1.56. The third-order valence-electron chi connectivity index (χ3n) is 5.57. The van der Waals surface area contributed by atoms with Crippen molar-refractivity contribution in [2.24, 2.45) is 7.05 Å². The quantitative estimate of drug-likeness (QED) is 0.832. The summed E-state index contributed by atoms with van der Waals surface area (Å²) in [5, 5.41) is 0. The number of nitrogens with zero attached hydrogens (tertiary/aromatic N) is 2. The zero-order chi connectivity index (χ0) is 18.0. The van der Waals surface area contributed by atoms with Gasteiger partial charge in [-0.3, -0.25) is 4.79 Å². The van der Waals surface area contributed by atoms with Crippen LogP contribution in [0.25, 0.3) is 0 Å². The molecule has 140 valence electrons. The minimum atomic E-state index is -3.61. The molecule has 1 saturated heterocycles. The van der Waals surface area contributed by atoms with Crippen LogP contribution in [0.2, 0.25) is 0 Å². The predicted octanol–water partition coefficient (Wildman–Crippen LogP) is 2.57. The molecule has 0 radical (unpaired) electrons. The van der Waals surface area contributed by atoms with Crippen LogP contribution in [0.3, 0.4) is 0 Å². The number of carbonyl (C=O) groups is 1. The average molecular weight is 368 g/mol. The van der Waals surface area contributed by atoms with Crippen molar-refractivity contribution in [1.29, 1.82) is 0 Å². The summed E-state index contributed by atoms with van der Waals surface area (Å²) in [7, 11) is -1.84. The lowest BCUT2D eigenvalue weighted by Crippen LogP contribution is -2.34. The summed E-state index contributed by atoms with van der Waals surface area (Å²) < 4.78 is 30.4. The number of rotatable bonds is 4. The van der Waals surface area contributed by atoms with Gasteiger partial charge < -0.3 is 9.47 Å². The molecular weight excluding hydrogens is 338 g/mol. The van der Waals surface area contributed by atoms with E-state index in [-0.39, 0.29) is 16.8 Å². The molecule has 0 atom stereocenters. The molecule has 25 heavy (non-hydrogen) atoms. The maximum Gasteiger partial charge on any atom is 0.270 e. The third kappa shape index (κ3) is 3.92. The van der Waals surface area contributed by atoms with Crippen molar-refractivity contribution in [3.63, 3.8) is 0 Å². The Morgan fingerprint density at radius 3 is 2.28 bits per heavy atom. The van der Waals surface area contributed by atoms with Crippen LogP contribution in [-0.2, 0) is 17.1 Å². The van der Waals surface area contributed by atoms with Crippen LogP contribution in [0.1, 0.15) is 67.5 Å². The Kier molecular flexibility index (Phi) is 5.53. The topological polar surface area (TPSA) is 71.4 Å². The molecule has 1 aliphatic carbocycles. The first-order chi connectivity index (χ1) is 11.9. The fourth-order valence-electron chi connectivity index (χ4n) is 3.91. The molecule has 1 aliphatic heterocycles. The maximum absolute atomic E-state index is 12.9. The largest absolute Gasteiger partial charge is 0.343 e. The van der Waals surface area contributed by atoms with E-state index in [2.05, 4.69) is 4.72 Å². The van der Waals surface area contributed by atoms with Gasteiger partial charge >= 0.3 is 0 Å². The lowest BCUT2D eigenvalue weighted by molar-refractivity contribution is 0.0783. The summed E-state index contributed by atoms with van der Waals surface area (Å²) >= 11 is 0. The minimum absolute atomic E-state index is 0.00448. The monoisotopic (exact) mass is 367 g/mol. The van der Waals surface area contributed by atoms with E-state index >= 15 is 0 Å². The van der Waals surface area contributed by atoms with Gasteiger partial charge in [-0.1, -0.05) is 25.7 Å². The van der Waals surface area contributed by atoms with Gasteiger partial charge in [0.25, 0.3) is 5.91 Å². The first-order valence-electron chi connectivity index (χ1n) is 9.38. The van der Waals surface area contributed by atoms with Gasteiger partial charge in [-0.15, -0.1) is 0 Å². The summed E-state index contributed by atoms with van der Waals surface area (Å²) in [6.07, 6.45) is 8.32. The van der Waals surface area contributed by atoms with Crippen LogP contribution in [0.15, 0.2) is 11.0 Å². The van der Waals surface area contributed by atoms with Gasteiger partial charge in [-0.05, 0) is 38.7 Å². The van der Waals surface area contributed by atoms with Crippen LogP contribution < -0.4 is 4.72 Å². The molecule has 1 aromatic rings. The van der Waals surface area contributed by atoms with Gasteiger partial charge in [-0.25, -0.2) is 13.1 Å². The molecule has 2 aliphatic rings. The fraction of sp³-hybridized carbons (Fsp3) is 0.722. The van der Waals surface area contributed by atoms with Crippen molar-refractivity contribution >= 4 is 15.9 Å². The average Bonchev–Trinajstić information content (AvgIpc) is 3.12. The Morgan fingerprint density at radius 2 is 1.68 bits per heavy atom. The van der Waals surface area contributed by atoms with E-state index in [1.807, 2.05) is 4.90 Å². The fourth-order valence-corrected chi connectivity index (χ4v) is 5.51. The number of hydrogen-bond donors (Lipinski definition) is 1. The highest BCUT2D eigenvalue weighted by atomic mass is 32.2. The van der Waals surface area contributed by atoms with Crippen LogP contribution in [0.4, 0.5) is 0 Å². The maximum atomic E-state index is 12.9. The standard InChI is InChI=1S/C18H29N3O3S/c1-14-17(25(23,24)19-15-9-5-3-4-6-10-15)13-16(20(14)2)18(22)21-11-7-8-12-21/h13,15,19H,3-12H2,1-2H3. The number of carbonyl (C=O) groups excluding carboxylic acids is 1. The Morgan fingerprint density at radius 1 is 1.08 bits per heavy atom. The Bertz CT molecular complexity index is 725. The van der Waals surface area contributed by atoms with E-state index in [1.54, 1.807) is 24.6 Å². The summed E-state index contributed by atoms with van der Waals surface area (Å²) in [5.74, 6) is -0.0704. The number of amides is 1. The van der Waals surface area contributed by atoms with E-state index in [1.165, 1.54) is 12.8 Å². The second-order valence-electron chi connectivity index (χ2n) is 7.35. The molecule has 1 N–H and O–H groups in total. The summed E-state index contributed by atoms with van der Waals surface area (Å²) in [6.45, 7) is 3.28. The van der Waals surface area contributed by atoms with E-state index in [0.29, 0.717) is 11.4 Å². The predicted molar refractivity (Wildman–Crippen MR) is 97.1 cm³/mol. The first-order valence-corrected chi connectivity index (χ1v) is 10.9. The van der Waals surface area contributed by atoms with Crippen molar-refractivity contribution in [2.45, 2.75) is 69.2 Å². The Hall–Kier alpha value is -1.34. The molecule has 2 fully saturated rings. The van der Waals surface area contributed by atoms with Gasteiger partial charge in [0.2, 0.25) is 10.0 Å². The number of aromatic nitrogens is 1. The van der Waals surface area contributed by atoms with Crippen LogP contribution in [-0.4, -0.2) is 42.9 Å². The van der Waals surface area contributed by atoms with Gasteiger partial charge in [0.1, 0.15) is 10.6 Å². The SMILES string of the molecule is Cc1c(S(=O)(=O)NC2CCCCCC2)cc(C(=O)N2CCCC2)n1C. The molecule has 0 bridgehead atoms. The molecule has 2 heterocycles. The molecule has 1 aromatic heterocycles. The number of likely N-dealkylation sites (tertiary alicyclic amines) is 1. The highest BCUT2D eigenvalue weighted by Crippen LogP contribution is 2.24. The van der Waals surface area contributed by atoms with E-state index in [0.717, 1.165) is 51.6 Å². The minimum Gasteiger partial charge on any atom is -0.343 e. The summed E-state index contributed by atoms with van der Waals surface area (Å²) in [4.78, 5) is 14.7. The second kappa shape index (κ2) is 7.50. The van der Waals surface area contributed by atoms with Crippen LogP contribution >= 0.6 is 0 Å². The Balaban J connectivity index is 1.83. The van der Waals surface area contributed by atoms with Gasteiger partial charge in [-0.2, -0.15) is 0 Å². The molecule has 7 heteroatoms. The summed E-state index contributed by atoms with van der Waals surface area (Å²) in [5.41, 5.74) is 1.07. The molecule has 0 unspecified atom stereocenters. The van der Waals surface area contributed by atoms with Crippen molar-refractivity contribution in [1.82, 2.24) is 14.2 Å². The third-order valence-corrected chi connectivity index (χ3v) is 7.20. The molecule has 6 nitrogen and oxygen atoms in total. The second-order valence-corrected chi connectivity index (χ2v) is 9.03. The van der Waals surface area contributed by atoms with E-state index in [4.69, 9.17) is 0 Å². The molecular formula is C18H29N3O3S. The van der Waals surface area contributed by atoms with E-state index < -0.39 is 10.0 Å². The van der Waals surface area contributed by atoms with Crippen molar-refractivity contribution in [2.75, 3.05) is 13.1 Å². The Labute approximate surface area is 150 Å². The molecule has 1 amide bonds. The lowest BCUT2D eigenvalue weighted by Gasteiger charge is -2.16. The van der Waals surface area contributed by atoms with Crippen LogP contribution in [0.5, 0.6) is 0 Å². The normalized spacial score (nSPS) is 20.0. The highest BCUT2D eigenvalue weighted by Gasteiger charge is 2.29. The molecule has 0 aromatic carbocycles. The molecule has 0 spiro atoms. The first kappa shape index (κ1) is 18.5. The smallest absolute Gasteiger partial charge is 0.270 e. The van der Waals surface area contributed by atoms with Crippen LogP contribution in [0, 0.1) is 6.92 Å². The van der Waals surface area contributed by atoms with Gasteiger partial charge in [0.05, 0.1) is 0 Å².